The summed E-state index contributed by atoms with van der Waals surface area (Å²) in [5.41, 5.74) is 4.16. The molecule has 0 radical (unpaired) electrons. The SMILES string of the molecule is Cc1nc2c(Nc3ccc(-c4ccn(C)n4)cc3N(C)S(C)(=O)=O)cc(NC(=O)C3CC3)nc2[nH]1. The normalized spacial score (nSPS) is 13.7. The summed E-state index contributed by atoms with van der Waals surface area (Å²) in [6.45, 7) is 1.82. The maximum atomic E-state index is 12.5. The molecule has 0 atom stereocenters. The minimum Gasteiger partial charge on any atom is -0.352 e. The number of pyridine rings is 1. The second-order valence-electron chi connectivity index (χ2n) is 8.80. The maximum Gasteiger partial charge on any atom is 0.232 e. The van der Waals surface area contributed by atoms with Gasteiger partial charge in [0.05, 0.1) is 29.0 Å². The molecule has 11 nitrogen and oxygen atoms in total. The number of hydrogen-bond acceptors (Lipinski definition) is 7. The van der Waals surface area contributed by atoms with Crippen LogP contribution in [0, 0.1) is 12.8 Å². The van der Waals surface area contributed by atoms with Crippen LogP contribution in [0.15, 0.2) is 36.5 Å². The summed E-state index contributed by atoms with van der Waals surface area (Å²) in [4.78, 5) is 24.5. The molecule has 0 spiro atoms. The average molecular weight is 495 g/mol. The van der Waals surface area contributed by atoms with Gasteiger partial charge in [0.1, 0.15) is 17.2 Å². The van der Waals surface area contributed by atoms with E-state index in [4.69, 9.17) is 0 Å². The van der Waals surface area contributed by atoms with Crippen molar-refractivity contribution in [1.29, 1.82) is 0 Å². The minimum absolute atomic E-state index is 0.0292. The summed E-state index contributed by atoms with van der Waals surface area (Å²) < 4.78 is 27.8. The fraction of sp³-hybridized carbons (Fsp3) is 0.304. The van der Waals surface area contributed by atoms with Crippen LogP contribution in [-0.2, 0) is 21.9 Å². The minimum atomic E-state index is -3.55. The van der Waals surface area contributed by atoms with Crippen LogP contribution < -0.4 is 14.9 Å². The Morgan fingerprint density at radius 1 is 1.17 bits per heavy atom. The number of benzene rings is 1. The van der Waals surface area contributed by atoms with E-state index in [0.717, 1.165) is 30.4 Å². The first-order valence-corrected chi connectivity index (χ1v) is 13.0. The number of amides is 1. The fourth-order valence-electron chi connectivity index (χ4n) is 3.79. The molecule has 0 aliphatic heterocycles. The average Bonchev–Trinajstić information content (AvgIpc) is 3.45. The molecule has 3 aromatic heterocycles. The predicted molar refractivity (Wildman–Crippen MR) is 135 cm³/mol. The number of carbonyl (C=O) groups is 1. The molecule has 1 amide bonds. The van der Waals surface area contributed by atoms with Gasteiger partial charge in [0.2, 0.25) is 15.9 Å². The second-order valence-corrected chi connectivity index (χ2v) is 10.8. The van der Waals surface area contributed by atoms with Gasteiger partial charge in [-0.15, -0.1) is 0 Å². The smallest absolute Gasteiger partial charge is 0.232 e. The number of carbonyl (C=O) groups excluding carboxylic acids is 1. The Hall–Kier alpha value is -3.93. The van der Waals surface area contributed by atoms with E-state index in [9.17, 15) is 13.2 Å². The van der Waals surface area contributed by atoms with Gasteiger partial charge in [0.25, 0.3) is 0 Å². The number of H-pyrrole nitrogens is 1. The third-order valence-electron chi connectivity index (χ3n) is 5.88. The van der Waals surface area contributed by atoms with Crippen LogP contribution in [0.2, 0.25) is 0 Å². The Balaban J connectivity index is 1.59. The van der Waals surface area contributed by atoms with Crippen molar-refractivity contribution < 1.29 is 13.2 Å². The van der Waals surface area contributed by atoms with E-state index in [1.54, 1.807) is 22.9 Å². The van der Waals surface area contributed by atoms with E-state index in [0.29, 0.717) is 39.9 Å². The van der Waals surface area contributed by atoms with Gasteiger partial charge in [-0.2, -0.15) is 5.10 Å². The maximum absolute atomic E-state index is 12.5. The largest absolute Gasteiger partial charge is 0.352 e. The molecule has 3 heterocycles. The highest BCUT2D eigenvalue weighted by Crippen LogP contribution is 2.36. The van der Waals surface area contributed by atoms with E-state index in [1.165, 1.54) is 11.4 Å². The number of anilines is 4. The van der Waals surface area contributed by atoms with Crippen molar-refractivity contribution >= 4 is 50.0 Å². The summed E-state index contributed by atoms with van der Waals surface area (Å²) in [6.07, 6.45) is 4.74. The van der Waals surface area contributed by atoms with Gasteiger partial charge >= 0.3 is 0 Å². The third kappa shape index (κ3) is 4.69. The summed E-state index contributed by atoms with van der Waals surface area (Å²) >= 11 is 0. The van der Waals surface area contributed by atoms with Crippen molar-refractivity contribution in [2.45, 2.75) is 19.8 Å². The van der Waals surface area contributed by atoms with Crippen LogP contribution >= 0.6 is 0 Å². The van der Waals surface area contributed by atoms with Crippen molar-refractivity contribution in [3.8, 4) is 11.3 Å². The van der Waals surface area contributed by atoms with Crippen LogP contribution in [0.1, 0.15) is 18.7 Å². The van der Waals surface area contributed by atoms with Crippen LogP contribution in [0.4, 0.5) is 22.9 Å². The lowest BCUT2D eigenvalue weighted by Gasteiger charge is -2.22. The molecule has 182 valence electrons. The van der Waals surface area contributed by atoms with Crippen molar-refractivity contribution in [2.75, 3.05) is 28.2 Å². The molecular formula is C23H26N8O3S. The number of hydrogen-bond donors (Lipinski definition) is 3. The lowest BCUT2D eigenvalue weighted by molar-refractivity contribution is -0.117. The lowest BCUT2D eigenvalue weighted by atomic mass is 10.1. The molecule has 5 rings (SSSR count). The first kappa shape index (κ1) is 22.8. The molecule has 1 aliphatic rings. The van der Waals surface area contributed by atoms with Gasteiger partial charge in [-0.05, 0) is 38.0 Å². The Bertz CT molecular complexity index is 1550. The molecule has 1 fully saturated rings. The van der Waals surface area contributed by atoms with Crippen LogP contribution in [-0.4, -0.2) is 52.4 Å². The number of nitrogens with zero attached hydrogens (tertiary/aromatic N) is 5. The van der Waals surface area contributed by atoms with Gasteiger partial charge in [0, 0.05) is 37.8 Å². The molecule has 3 N–H and O–H groups in total. The number of imidazole rings is 1. The number of aromatic nitrogens is 5. The highest BCUT2D eigenvalue weighted by atomic mass is 32.2. The number of aromatic amines is 1. The number of nitrogens with one attached hydrogen (secondary N) is 3. The molecule has 12 heteroatoms. The van der Waals surface area contributed by atoms with Gasteiger partial charge in [-0.1, -0.05) is 6.07 Å². The van der Waals surface area contributed by atoms with E-state index in [1.807, 2.05) is 32.3 Å². The first-order valence-electron chi connectivity index (χ1n) is 11.1. The Labute approximate surface area is 202 Å². The fourth-order valence-corrected chi connectivity index (χ4v) is 4.30. The van der Waals surface area contributed by atoms with Crippen LogP contribution in [0.25, 0.3) is 22.4 Å². The first-order chi connectivity index (χ1) is 16.6. The highest BCUT2D eigenvalue weighted by Gasteiger charge is 2.30. The number of aryl methyl sites for hydroxylation is 2. The Morgan fingerprint density at radius 3 is 2.60 bits per heavy atom. The van der Waals surface area contributed by atoms with E-state index in [-0.39, 0.29) is 11.8 Å². The number of sulfonamides is 1. The molecule has 1 aromatic carbocycles. The van der Waals surface area contributed by atoms with E-state index < -0.39 is 10.0 Å². The quantitative estimate of drug-likeness (QED) is 0.359. The van der Waals surface area contributed by atoms with Gasteiger partial charge in [0.15, 0.2) is 5.65 Å². The summed E-state index contributed by atoms with van der Waals surface area (Å²) in [5, 5.41) is 10.6. The number of fused-ring (bicyclic) bond motifs is 1. The molecule has 35 heavy (non-hydrogen) atoms. The van der Waals surface area contributed by atoms with Crippen LogP contribution in [0.5, 0.6) is 0 Å². The van der Waals surface area contributed by atoms with Crippen molar-refractivity contribution in [1.82, 2.24) is 24.7 Å². The van der Waals surface area contributed by atoms with Crippen molar-refractivity contribution in [2.24, 2.45) is 13.0 Å². The van der Waals surface area contributed by atoms with Gasteiger partial charge in [-0.25, -0.2) is 18.4 Å². The monoisotopic (exact) mass is 494 g/mol. The van der Waals surface area contributed by atoms with Crippen molar-refractivity contribution in [3.05, 3.63) is 42.4 Å². The zero-order valence-electron chi connectivity index (χ0n) is 19.8. The van der Waals surface area contributed by atoms with Crippen LogP contribution in [0.3, 0.4) is 0 Å². The molecule has 0 saturated heterocycles. The standard InChI is InChI=1S/C23H26N8O3S/c1-13-24-21-18(12-20(27-22(21)25-13)28-23(32)14-5-6-14)26-17-8-7-15(16-9-10-30(2)29-16)11-19(17)31(3)35(4,33)34/h7-12,14H,5-6H2,1-4H3,(H3,24,25,26,27,28,32). The highest BCUT2D eigenvalue weighted by molar-refractivity contribution is 7.92. The summed E-state index contributed by atoms with van der Waals surface area (Å²) in [5.74, 6) is 1.03. The molecule has 1 aliphatic carbocycles. The van der Waals surface area contributed by atoms with E-state index >= 15 is 0 Å². The van der Waals surface area contributed by atoms with E-state index in [2.05, 4.69) is 30.7 Å². The molecular weight excluding hydrogens is 468 g/mol. The summed E-state index contributed by atoms with van der Waals surface area (Å²) in [6, 6.07) is 9.01. The molecule has 4 aromatic rings. The second kappa shape index (κ2) is 8.38. The van der Waals surface area contributed by atoms with Crippen molar-refractivity contribution in [3.63, 3.8) is 0 Å². The lowest BCUT2D eigenvalue weighted by Crippen LogP contribution is -2.25. The Morgan fingerprint density at radius 2 is 1.94 bits per heavy atom. The van der Waals surface area contributed by atoms with Gasteiger partial charge < -0.3 is 15.6 Å². The predicted octanol–water partition coefficient (Wildman–Crippen LogP) is 3.15. The zero-order chi connectivity index (χ0) is 24.9. The topological polar surface area (TPSA) is 138 Å². The molecule has 1 saturated carbocycles. The number of rotatable bonds is 7. The zero-order valence-corrected chi connectivity index (χ0v) is 20.6. The summed E-state index contributed by atoms with van der Waals surface area (Å²) in [7, 11) is -0.230. The Kier molecular flexibility index (Phi) is 5.47. The molecule has 0 bridgehead atoms. The van der Waals surface area contributed by atoms with Gasteiger partial charge in [-0.3, -0.25) is 13.8 Å². The molecule has 0 unspecified atom stereocenters. The third-order valence-corrected chi connectivity index (χ3v) is 7.08.